The molecule has 4 heteroatoms. The normalized spacial score (nSPS) is 10.1. The maximum Gasteiger partial charge on any atom is 0.187 e. The van der Waals surface area contributed by atoms with E-state index in [4.69, 9.17) is 0 Å². The molecule has 0 atom stereocenters. The molecule has 0 amide bonds. The molecule has 0 unspecified atom stereocenters. The number of thioether (sulfide) groups is 1. The van der Waals surface area contributed by atoms with Crippen LogP contribution in [-0.4, -0.2) is 21.5 Å². The first-order valence-corrected chi connectivity index (χ1v) is 5.73. The van der Waals surface area contributed by atoms with E-state index in [1.807, 2.05) is 6.92 Å². The summed E-state index contributed by atoms with van der Waals surface area (Å²) in [5.41, 5.74) is 0. The Hall–Kier alpha value is -0.900. The van der Waals surface area contributed by atoms with Crippen LogP contribution in [0.1, 0.15) is 26.2 Å². The molecular formula is C10H14N2OS. The fraction of sp³-hybridized carbons (Fsp3) is 0.500. The minimum Gasteiger partial charge on any atom is -0.300 e. The largest absolute Gasteiger partial charge is 0.300 e. The highest BCUT2D eigenvalue weighted by Gasteiger charge is 1.99. The second-order valence-electron chi connectivity index (χ2n) is 2.88. The second-order valence-corrected chi connectivity index (χ2v) is 3.94. The predicted octanol–water partition coefficient (Wildman–Crippen LogP) is 2.33. The molecule has 0 fully saturated rings. The van der Waals surface area contributed by atoms with E-state index in [9.17, 15) is 4.79 Å². The Morgan fingerprint density at radius 1 is 1.43 bits per heavy atom. The molecule has 3 nitrogen and oxygen atoms in total. The Morgan fingerprint density at radius 3 is 2.79 bits per heavy atom. The highest BCUT2D eigenvalue weighted by Crippen LogP contribution is 2.13. The second kappa shape index (κ2) is 6.54. The number of carbonyl (C=O) groups excluding carboxylic acids is 1. The van der Waals surface area contributed by atoms with Crippen molar-refractivity contribution >= 4 is 17.5 Å². The number of Topliss-reactive ketones (excluding diaryl/α,β-unsaturated/α-hetero) is 1. The highest BCUT2D eigenvalue weighted by atomic mass is 32.2. The number of ketones is 1. The van der Waals surface area contributed by atoms with Crippen molar-refractivity contribution in [2.24, 2.45) is 0 Å². The van der Waals surface area contributed by atoms with Crippen molar-refractivity contribution < 1.29 is 4.79 Å². The summed E-state index contributed by atoms with van der Waals surface area (Å²) in [6, 6.07) is 1.80. The molecule has 14 heavy (non-hydrogen) atoms. The molecule has 0 aliphatic heterocycles. The summed E-state index contributed by atoms with van der Waals surface area (Å²) in [6.07, 6.45) is 5.69. The van der Waals surface area contributed by atoms with Crippen molar-refractivity contribution in [2.75, 3.05) is 5.75 Å². The molecule has 76 valence electrons. The van der Waals surface area contributed by atoms with Crippen LogP contribution in [0.2, 0.25) is 0 Å². The van der Waals surface area contributed by atoms with Crippen LogP contribution in [0.15, 0.2) is 23.6 Å². The Morgan fingerprint density at radius 2 is 2.14 bits per heavy atom. The molecule has 0 aliphatic rings. The minimum absolute atomic E-state index is 0.333. The highest BCUT2D eigenvalue weighted by molar-refractivity contribution is 7.99. The summed E-state index contributed by atoms with van der Waals surface area (Å²) in [5.74, 6) is 1.25. The summed E-state index contributed by atoms with van der Waals surface area (Å²) in [5, 5.41) is 0.788. The molecular weight excluding hydrogens is 196 g/mol. The van der Waals surface area contributed by atoms with Gasteiger partial charge in [-0.25, -0.2) is 9.97 Å². The molecule has 1 heterocycles. The van der Waals surface area contributed by atoms with Crippen LogP contribution in [0.5, 0.6) is 0 Å². The Balaban J connectivity index is 2.13. The van der Waals surface area contributed by atoms with E-state index in [0.29, 0.717) is 18.6 Å². The lowest BCUT2D eigenvalue weighted by Gasteiger charge is -1.98. The molecule has 0 N–H and O–H groups in total. The zero-order valence-electron chi connectivity index (χ0n) is 8.27. The molecule has 0 radical (unpaired) electrons. The van der Waals surface area contributed by atoms with Crippen molar-refractivity contribution in [3.05, 3.63) is 18.5 Å². The fourth-order valence-corrected chi connectivity index (χ4v) is 1.71. The van der Waals surface area contributed by atoms with Crippen LogP contribution >= 0.6 is 11.8 Å². The van der Waals surface area contributed by atoms with Gasteiger partial charge in [-0.2, -0.15) is 0 Å². The van der Waals surface area contributed by atoms with Crippen LogP contribution in [0.4, 0.5) is 0 Å². The van der Waals surface area contributed by atoms with E-state index in [1.165, 1.54) is 0 Å². The average Bonchev–Trinajstić information content (AvgIpc) is 2.25. The van der Waals surface area contributed by atoms with Gasteiger partial charge in [-0.1, -0.05) is 18.7 Å². The van der Waals surface area contributed by atoms with Gasteiger partial charge in [0, 0.05) is 31.0 Å². The van der Waals surface area contributed by atoms with Gasteiger partial charge >= 0.3 is 0 Å². The van der Waals surface area contributed by atoms with Crippen molar-refractivity contribution in [2.45, 2.75) is 31.3 Å². The van der Waals surface area contributed by atoms with Gasteiger partial charge in [0.2, 0.25) is 0 Å². The zero-order valence-corrected chi connectivity index (χ0v) is 9.09. The summed E-state index contributed by atoms with van der Waals surface area (Å²) >= 11 is 1.60. The molecule has 1 aromatic rings. The van der Waals surface area contributed by atoms with E-state index in [0.717, 1.165) is 17.3 Å². The van der Waals surface area contributed by atoms with Gasteiger partial charge in [0.25, 0.3) is 0 Å². The van der Waals surface area contributed by atoms with E-state index < -0.39 is 0 Å². The van der Waals surface area contributed by atoms with Crippen LogP contribution < -0.4 is 0 Å². The van der Waals surface area contributed by atoms with Crippen LogP contribution in [0.25, 0.3) is 0 Å². The topological polar surface area (TPSA) is 42.9 Å². The number of aromatic nitrogens is 2. The van der Waals surface area contributed by atoms with Crippen molar-refractivity contribution in [1.29, 1.82) is 0 Å². The van der Waals surface area contributed by atoms with E-state index in [-0.39, 0.29) is 0 Å². The molecule has 0 aliphatic carbocycles. The Kier molecular flexibility index (Phi) is 5.22. The third-order valence-electron chi connectivity index (χ3n) is 1.77. The lowest BCUT2D eigenvalue weighted by Crippen LogP contribution is -1.95. The summed E-state index contributed by atoms with van der Waals surface area (Å²) in [4.78, 5) is 19.1. The molecule has 0 bridgehead atoms. The number of hydrogen-bond acceptors (Lipinski definition) is 4. The molecule has 0 spiro atoms. The molecule has 0 saturated heterocycles. The number of carbonyl (C=O) groups is 1. The maximum absolute atomic E-state index is 11.0. The van der Waals surface area contributed by atoms with Crippen LogP contribution in [0.3, 0.4) is 0 Å². The van der Waals surface area contributed by atoms with Crippen molar-refractivity contribution in [3.8, 4) is 0 Å². The molecule has 0 saturated carbocycles. The summed E-state index contributed by atoms with van der Waals surface area (Å²) < 4.78 is 0. The average molecular weight is 210 g/mol. The number of nitrogens with zero attached hydrogens (tertiary/aromatic N) is 2. The van der Waals surface area contributed by atoms with E-state index >= 15 is 0 Å². The summed E-state index contributed by atoms with van der Waals surface area (Å²) in [6.45, 7) is 1.90. The van der Waals surface area contributed by atoms with Gasteiger partial charge in [0.05, 0.1) is 0 Å². The molecule has 1 aromatic heterocycles. The molecule has 1 rings (SSSR count). The van der Waals surface area contributed by atoms with Crippen molar-refractivity contribution in [3.63, 3.8) is 0 Å². The Labute approximate surface area is 88.3 Å². The summed E-state index contributed by atoms with van der Waals surface area (Å²) in [7, 11) is 0. The van der Waals surface area contributed by atoms with E-state index in [1.54, 1.807) is 30.2 Å². The smallest absolute Gasteiger partial charge is 0.187 e. The maximum atomic E-state index is 11.0. The lowest BCUT2D eigenvalue weighted by molar-refractivity contribution is -0.118. The zero-order chi connectivity index (χ0) is 10.2. The van der Waals surface area contributed by atoms with Crippen LogP contribution in [-0.2, 0) is 4.79 Å². The Bertz CT molecular complexity index is 277. The van der Waals surface area contributed by atoms with Gasteiger partial charge in [0.15, 0.2) is 5.16 Å². The minimum atomic E-state index is 0.333. The van der Waals surface area contributed by atoms with Gasteiger partial charge in [-0.05, 0) is 12.5 Å². The third kappa shape index (κ3) is 4.37. The van der Waals surface area contributed by atoms with Gasteiger partial charge in [-0.3, -0.25) is 4.79 Å². The fourth-order valence-electron chi connectivity index (χ4n) is 0.970. The number of rotatable bonds is 6. The van der Waals surface area contributed by atoms with Gasteiger partial charge < -0.3 is 0 Å². The lowest BCUT2D eigenvalue weighted by atomic mass is 10.2. The standard InChI is InChI=1S/C10H14N2OS/c1-2-9(13)5-3-8-14-10-11-6-4-7-12-10/h4,6-7H,2-3,5,8H2,1H3. The van der Waals surface area contributed by atoms with Crippen molar-refractivity contribution in [1.82, 2.24) is 9.97 Å². The SMILES string of the molecule is CCC(=O)CCCSc1ncccn1. The third-order valence-corrected chi connectivity index (χ3v) is 2.73. The predicted molar refractivity (Wildman–Crippen MR) is 57.3 cm³/mol. The van der Waals surface area contributed by atoms with Crippen LogP contribution in [0, 0.1) is 0 Å². The molecule has 0 aromatic carbocycles. The number of hydrogen-bond donors (Lipinski definition) is 0. The van der Waals surface area contributed by atoms with Gasteiger partial charge in [0.1, 0.15) is 5.78 Å². The first-order valence-electron chi connectivity index (χ1n) is 4.74. The monoisotopic (exact) mass is 210 g/mol. The first-order chi connectivity index (χ1) is 6.83. The van der Waals surface area contributed by atoms with Gasteiger partial charge in [-0.15, -0.1) is 0 Å². The quantitative estimate of drug-likeness (QED) is 0.410. The van der Waals surface area contributed by atoms with E-state index in [2.05, 4.69) is 9.97 Å². The first kappa shape index (κ1) is 11.2.